The minimum atomic E-state index is 0.579. The van der Waals surface area contributed by atoms with Crippen LogP contribution in [0.5, 0.6) is 0 Å². The van der Waals surface area contributed by atoms with Crippen molar-refractivity contribution in [3.05, 3.63) is 47.4 Å². The van der Waals surface area contributed by atoms with Gasteiger partial charge < -0.3 is 10.6 Å². The summed E-state index contributed by atoms with van der Waals surface area (Å²) in [4.78, 5) is 10.7. The minimum absolute atomic E-state index is 0.579. The molecule has 1 aliphatic rings. The van der Waals surface area contributed by atoms with Crippen LogP contribution in [0, 0.1) is 12.3 Å². The second-order valence-corrected chi connectivity index (χ2v) is 4.90. The monoisotopic (exact) mass is 264 g/mol. The van der Waals surface area contributed by atoms with Gasteiger partial charge in [-0.25, -0.2) is 9.97 Å². The molecule has 0 unspecified atom stereocenters. The molecule has 0 fully saturated rings. The van der Waals surface area contributed by atoms with E-state index in [0.29, 0.717) is 5.82 Å². The van der Waals surface area contributed by atoms with Crippen LogP contribution in [0.1, 0.15) is 23.2 Å². The van der Waals surface area contributed by atoms with Crippen LogP contribution in [-0.4, -0.2) is 16.5 Å². The molecule has 20 heavy (non-hydrogen) atoms. The quantitative estimate of drug-likeness (QED) is 0.800. The van der Waals surface area contributed by atoms with Crippen LogP contribution in [0.25, 0.3) is 0 Å². The van der Waals surface area contributed by atoms with Gasteiger partial charge in [-0.05, 0) is 31.0 Å². The van der Waals surface area contributed by atoms with Gasteiger partial charge in [0.25, 0.3) is 0 Å². The van der Waals surface area contributed by atoms with Crippen LogP contribution in [0.3, 0.4) is 0 Å². The van der Waals surface area contributed by atoms with Gasteiger partial charge in [0.15, 0.2) is 0 Å². The highest BCUT2D eigenvalue weighted by molar-refractivity contribution is 5.54. The van der Waals surface area contributed by atoms with Gasteiger partial charge in [0, 0.05) is 29.9 Å². The molecule has 0 amide bonds. The van der Waals surface area contributed by atoms with E-state index >= 15 is 0 Å². The topological polar surface area (TPSA) is 55.0 Å². The Kier molecular flexibility index (Phi) is 3.26. The van der Waals surface area contributed by atoms with E-state index in [-0.39, 0.29) is 0 Å². The summed E-state index contributed by atoms with van der Waals surface area (Å²) in [6, 6.07) is 8.03. The molecule has 1 aromatic heterocycles. The summed E-state index contributed by atoms with van der Waals surface area (Å²) >= 11 is 0. The maximum Gasteiger partial charge on any atom is 0.132 e. The lowest BCUT2D eigenvalue weighted by Crippen LogP contribution is -2.23. The van der Waals surface area contributed by atoms with E-state index in [0.717, 1.165) is 48.4 Å². The number of benzene rings is 1. The molecule has 0 aliphatic carbocycles. The van der Waals surface area contributed by atoms with Crippen molar-refractivity contribution in [2.45, 2.75) is 19.4 Å². The van der Waals surface area contributed by atoms with E-state index in [1.54, 1.807) is 6.33 Å². The Morgan fingerprint density at radius 3 is 3.05 bits per heavy atom. The Morgan fingerprint density at radius 1 is 1.30 bits per heavy atom. The highest BCUT2D eigenvalue weighted by atomic mass is 15.1. The second kappa shape index (κ2) is 5.22. The van der Waals surface area contributed by atoms with Gasteiger partial charge in [0.2, 0.25) is 0 Å². The Morgan fingerprint density at radius 2 is 2.20 bits per heavy atom. The summed E-state index contributed by atoms with van der Waals surface area (Å²) in [5.41, 5.74) is 10.1. The van der Waals surface area contributed by atoms with Crippen molar-refractivity contribution in [3.63, 3.8) is 0 Å². The zero-order valence-corrected chi connectivity index (χ0v) is 11.2. The number of nitrogens with two attached hydrogens (primary N) is 1. The molecular weight excluding hydrogens is 248 g/mol. The summed E-state index contributed by atoms with van der Waals surface area (Å²) < 4.78 is 0. The highest BCUT2D eigenvalue weighted by Crippen LogP contribution is 2.25. The van der Waals surface area contributed by atoms with Gasteiger partial charge in [0.1, 0.15) is 12.1 Å². The molecule has 0 atom stereocenters. The molecule has 2 N–H and O–H groups in total. The Balaban J connectivity index is 1.96. The van der Waals surface area contributed by atoms with Gasteiger partial charge in [-0.3, -0.25) is 0 Å². The SMILES string of the molecule is C#Cc1cccc(N2CCCc3ncnc(N)c3C2)c1. The standard InChI is InChI=1S/C16H16N4/c1-2-12-5-3-6-13(9-12)20-8-4-7-15-14(10-20)16(17)19-11-18-15/h1,3,5-6,9,11H,4,7-8,10H2,(H2,17,18,19). The average molecular weight is 264 g/mol. The molecule has 2 heterocycles. The minimum Gasteiger partial charge on any atom is -0.383 e. The van der Waals surface area contributed by atoms with E-state index < -0.39 is 0 Å². The number of anilines is 2. The molecule has 2 aromatic rings. The molecule has 0 spiro atoms. The largest absolute Gasteiger partial charge is 0.383 e. The van der Waals surface area contributed by atoms with Gasteiger partial charge in [-0.2, -0.15) is 0 Å². The summed E-state index contributed by atoms with van der Waals surface area (Å²) in [6.07, 6.45) is 9.00. The highest BCUT2D eigenvalue weighted by Gasteiger charge is 2.18. The fourth-order valence-corrected chi connectivity index (χ4v) is 2.57. The average Bonchev–Trinajstić information content (AvgIpc) is 2.71. The number of aryl methyl sites for hydroxylation is 1. The molecule has 3 rings (SSSR count). The van der Waals surface area contributed by atoms with E-state index in [2.05, 4.69) is 26.9 Å². The maximum atomic E-state index is 6.00. The van der Waals surface area contributed by atoms with Crippen molar-refractivity contribution < 1.29 is 0 Å². The summed E-state index contributed by atoms with van der Waals surface area (Å²) in [5, 5.41) is 0. The van der Waals surface area contributed by atoms with Crippen molar-refractivity contribution >= 4 is 11.5 Å². The fourth-order valence-electron chi connectivity index (χ4n) is 2.57. The lowest BCUT2D eigenvalue weighted by atomic mass is 10.1. The van der Waals surface area contributed by atoms with Crippen molar-refractivity contribution in [2.75, 3.05) is 17.2 Å². The molecule has 0 bridgehead atoms. The first-order valence-corrected chi connectivity index (χ1v) is 6.68. The molecule has 1 aromatic carbocycles. The van der Waals surface area contributed by atoms with Gasteiger partial charge in [-0.15, -0.1) is 6.42 Å². The number of nitrogens with zero attached hydrogens (tertiary/aromatic N) is 3. The zero-order chi connectivity index (χ0) is 13.9. The van der Waals surface area contributed by atoms with Gasteiger partial charge in [-0.1, -0.05) is 12.0 Å². The Hall–Kier alpha value is -2.54. The lowest BCUT2D eigenvalue weighted by molar-refractivity contribution is 0.763. The third-order valence-corrected chi connectivity index (χ3v) is 3.64. The van der Waals surface area contributed by atoms with Gasteiger partial charge >= 0.3 is 0 Å². The molecule has 0 saturated carbocycles. The van der Waals surface area contributed by atoms with Crippen LogP contribution in [0.15, 0.2) is 30.6 Å². The number of hydrogen-bond acceptors (Lipinski definition) is 4. The van der Waals surface area contributed by atoms with Crippen LogP contribution >= 0.6 is 0 Å². The first-order chi connectivity index (χ1) is 9.78. The molecule has 100 valence electrons. The zero-order valence-electron chi connectivity index (χ0n) is 11.2. The molecular formula is C16H16N4. The normalized spacial score (nSPS) is 14.2. The van der Waals surface area contributed by atoms with E-state index in [9.17, 15) is 0 Å². The second-order valence-electron chi connectivity index (χ2n) is 4.90. The van der Waals surface area contributed by atoms with E-state index in [1.807, 2.05) is 18.2 Å². The molecule has 4 heteroatoms. The number of fused-ring (bicyclic) bond motifs is 1. The third-order valence-electron chi connectivity index (χ3n) is 3.64. The number of hydrogen-bond donors (Lipinski definition) is 1. The molecule has 4 nitrogen and oxygen atoms in total. The third kappa shape index (κ3) is 2.30. The van der Waals surface area contributed by atoms with Crippen molar-refractivity contribution in [3.8, 4) is 12.3 Å². The van der Waals surface area contributed by atoms with Crippen molar-refractivity contribution in [1.82, 2.24) is 9.97 Å². The fraction of sp³-hybridized carbons (Fsp3) is 0.250. The van der Waals surface area contributed by atoms with Gasteiger partial charge in [0.05, 0.1) is 5.69 Å². The predicted molar refractivity (Wildman–Crippen MR) is 80.2 cm³/mol. The van der Waals surface area contributed by atoms with Crippen LogP contribution in [-0.2, 0) is 13.0 Å². The Labute approximate surface area is 118 Å². The van der Waals surface area contributed by atoms with Crippen molar-refractivity contribution in [2.24, 2.45) is 0 Å². The van der Waals surface area contributed by atoms with Crippen LogP contribution in [0.2, 0.25) is 0 Å². The number of rotatable bonds is 1. The smallest absolute Gasteiger partial charge is 0.132 e. The molecule has 0 radical (unpaired) electrons. The lowest BCUT2D eigenvalue weighted by Gasteiger charge is -2.23. The first-order valence-electron chi connectivity index (χ1n) is 6.68. The predicted octanol–water partition coefficient (Wildman–Crippen LogP) is 1.99. The Bertz CT molecular complexity index is 672. The maximum absolute atomic E-state index is 6.00. The van der Waals surface area contributed by atoms with Crippen molar-refractivity contribution in [1.29, 1.82) is 0 Å². The number of terminal acetylenes is 1. The summed E-state index contributed by atoms with van der Waals surface area (Å²) in [7, 11) is 0. The summed E-state index contributed by atoms with van der Waals surface area (Å²) in [5.74, 6) is 3.26. The van der Waals surface area contributed by atoms with Crippen LogP contribution in [0.4, 0.5) is 11.5 Å². The molecule has 1 aliphatic heterocycles. The number of aromatic nitrogens is 2. The molecule has 0 saturated heterocycles. The van der Waals surface area contributed by atoms with Crippen LogP contribution < -0.4 is 10.6 Å². The van der Waals surface area contributed by atoms with E-state index in [4.69, 9.17) is 12.2 Å². The summed E-state index contributed by atoms with van der Waals surface area (Å²) in [6.45, 7) is 1.69. The number of nitrogen functional groups attached to an aromatic ring is 1. The first kappa shape index (κ1) is 12.5. The van der Waals surface area contributed by atoms with E-state index in [1.165, 1.54) is 0 Å².